The number of amides is 1. The van der Waals surface area contributed by atoms with Gasteiger partial charge in [-0.1, -0.05) is 25.1 Å². The highest BCUT2D eigenvalue weighted by Crippen LogP contribution is 2.43. The van der Waals surface area contributed by atoms with E-state index < -0.39 is 5.92 Å². The number of rotatable bonds is 4. The van der Waals surface area contributed by atoms with Gasteiger partial charge in [0.2, 0.25) is 0 Å². The molecule has 2 aliphatic rings. The monoisotopic (exact) mass is 417 g/mol. The van der Waals surface area contributed by atoms with Crippen molar-refractivity contribution in [3.63, 3.8) is 0 Å². The number of allylic oxidation sites excluding steroid dienone is 3. The molecule has 2 atom stereocenters. The van der Waals surface area contributed by atoms with Crippen LogP contribution in [0, 0.1) is 12.8 Å². The van der Waals surface area contributed by atoms with E-state index in [1.165, 1.54) is 0 Å². The van der Waals surface area contributed by atoms with Gasteiger partial charge >= 0.3 is 0 Å². The second kappa shape index (κ2) is 8.38. The fourth-order valence-electron chi connectivity index (χ4n) is 4.39. The van der Waals surface area contributed by atoms with Crippen LogP contribution in [0.3, 0.4) is 0 Å². The summed E-state index contributed by atoms with van der Waals surface area (Å²) < 4.78 is 5.29. The largest absolute Gasteiger partial charge is 0.497 e. The van der Waals surface area contributed by atoms with E-state index in [0.717, 1.165) is 34.7 Å². The summed E-state index contributed by atoms with van der Waals surface area (Å²) >= 11 is 0. The molecule has 1 aromatic carbocycles. The van der Waals surface area contributed by atoms with Crippen molar-refractivity contribution in [2.24, 2.45) is 5.92 Å². The fourth-order valence-corrected chi connectivity index (χ4v) is 4.39. The fraction of sp³-hybridized carbons (Fsp3) is 0.320. The average molecular weight is 418 g/mol. The molecule has 0 fully saturated rings. The normalized spacial score (nSPS) is 20.8. The quantitative estimate of drug-likeness (QED) is 0.777. The van der Waals surface area contributed by atoms with Crippen LogP contribution in [0.4, 0.5) is 5.82 Å². The Labute approximate surface area is 182 Å². The smallest absolute Gasteiger partial charge is 0.255 e. The van der Waals surface area contributed by atoms with E-state index in [0.29, 0.717) is 23.4 Å². The van der Waals surface area contributed by atoms with E-state index in [1.807, 2.05) is 44.2 Å². The Morgan fingerprint density at radius 3 is 2.52 bits per heavy atom. The number of methoxy groups -OCH3 is 1. The number of hydrogen-bond acceptors (Lipinski definition) is 5. The summed E-state index contributed by atoms with van der Waals surface area (Å²) in [6.07, 6.45) is 2.99. The van der Waals surface area contributed by atoms with Gasteiger partial charge in [0.05, 0.1) is 7.11 Å². The van der Waals surface area contributed by atoms with Gasteiger partial charge in [0, 0.05) is 41.1 Å². The maximum absolute atomic E-state index is 13.4. The molecule has 160 valence electrons. The zero-order valence-electron chi connectivity index (χ0n) is 18.3. The minimum Gasteiger partial charge on any atom is -0.497 e. The zero-order chi connectivity index (χ0) is 22.1. The molecule has 0 bridgehead atoms. The van der Waals surface area contributed by atoms with E-state index in [4.69, 9.17) is 4.74 Å². The number of hydrogen-bond donors (Lipinski definition) is 2. The molecule has 0 spiro atoms. The number of dihydropyridines is 1. The van der Waals surface area contributed by atoms with Crippen molar-refractivity contribution < 1.29 is 14.3 Å². The second-order valence-electron chi connectivity index (χ2n) is 8.37. The molecule has 2 aromatic rings. The van der Waals surface area contributed by atoms with Gasteiger partial charge in [-0.3, -0.25) is 9.59 Å². The van der Waals surface area contributed by atoms with E-state index >= 15 is 0 Å². The maximum atomic E-state index is 13.4. The predicted octanol–water partition coefficient (Wildman–Crippen LogP) is 4.25. The number of nitrogens with zero attached hydrogens (tertiary/aromatic N) is 1. The van der Waals surface area contributed by atoms with Gasteiger partial charge in [0.25, 0.3) is 5.91 Å². The lowest BCUT2D eigenvalue weighted by Gasteiger charge is -2.36. The number of ketones is 1. The number of aromatic nitrogens is 1. The Bertz CT molecular complexity index is 1080. The summed E-state index contributed by atoms with van der Waals surface area (Å²) in [5.41, 5.74) is 4.81. The first-order chi connectivity index (χ1) is 14.9. The molecule has 0 saturated heterocycles. The number of nitrogens with one attached hydrogen (secondary N) is 2. The minimum atomic E-state index is -0.437. The zero-order valence-corrected chi connectivity index (χ0v) is 18.3. The third-order valence-corrected chi connectivity index (χ3v) is 5.88. The van der Waals surface area contributed by atoms with Crippen molar-refractivity contribution in [3.8, 4) is 5.75 Å². The van der Waals surface area contributed by atoms with Gasteiger partial charge in [0.15, 0.2) is 5.78 Å². The highest BCUT2D eigenvalue weighted by molar-refractivity contribution is 6.09. The van der Waals surface area contributed by atoms with Crippen LogP contribution in [0.1, 0.15) is 43.7 Å². The molecular weight excluding hydrogens is 390 g/mol. The van der Waals surface area contributed by atoms with Crippen molar-refractivity contribution in [2.75, 3.05) is 12.4 Å². The van der Waals surface area contributed by atoms with Crippen molar-refractivity contribution >= 4 is 17.5 Å². The molecule has 1 aromatic heterocycles. The number of carbonyl (C=O) groups excluding carboxylic acids is 2. The lowest BCUT2D eigenvalue weighted by atomic mass is 9.73. The van der Waals surface area contributed by atoms with Crippen LogP contribution in [0.25, 0.3) is 0 Å². The molecule has 1 aliphatic heterocycles. The molecule has 1 aliphatic carbocycles. The van der Waals surface area contributed by atoms with Crippen LogP contribution in [0.15, 0.2) is 65.1 Å². The molecule has 4 rings (SSSR count). The maximum Gasteiger partial charge on any atom is 0.255 e. The summed E-state index contributed by atoms with van der Waals surface area (Å²) in [6, 6.07) is 11.3. The van der Waals surface area contributed by atoms with Crippen molar-refractivity contribution in [3.05, 3.63) is 76.3 Å². The molecule has 6 heteroatoms. The Kier molecular flexibility index (Phi) is 5.63. The summed E-state index contributed by atoms with van der Waals surface area (Å²) in [5.74, 6) is 0.870. The first kappa shape index (κ1) is 20.8. The van der Waals surface area contributed by atoms with Gasteiger partial charge in [0.1, 0.15) is 11.6 Å². The molecule has 1 amide bonds. The van der Waals surface area contributed by atoms with Gasteiger partial charge in [-0.2, -0.15) is 0 Å². The number of anilines is 1. The Hall–Kier alpha value is -3.41. The van der Waals surface area contributed by atoms with Crippen LogP contribution < -0.4 is 15.4 Å². The molecule has 0 radical (unpaired) electrons. The third kappa shape index (κ3) is 4.10. The predicted molar refractivity (Wildman–Crippen MR) is 120 cm³/mol. The van der Waals surface area contributed by atoms with Crippen LogP contribution in [0.2, 0.25) is 0 Å². The third-order valence-electron chi connectivity index (χ3n) is 5.88. The number of ether oxygens (including phenoxy) is 1. The molecule has 0 saturated carbocycles. The van der Waals surface area contributed by atoms with E-state index in [-0.39, 0.29) is 17.6 Å². The average Bonchev–Trinajstić information content (AvgIpc) is 2.74. The molecule has 2 heterocycles. The van der Waals surface area contributed by atoms with Crippen LogP contribution >= 0.6 is 0 Å². The molecule has 2 unspecified atom stereocenters. The topological polar surface area (TPSA) is 80.3 Å². The Morgan fingerprint density at radius 2 is 1.87 bits per heavy atom. The van der Waals surface area contributed by atoms with E-state index in [9.17, 15) is 9.59 Å². The molecular formula is C25H27N3O3. The lowest BCUT2D eigenvalue weighted by Crippen LogP contribution is -2.37. The number of aryl methyl sites for hydroxylation is 1. The summed E-state index contributed by atoms with van der Waals surface area (Å²) in [4.78, 5) is 30.8. The van der Waals surface area contributed by atoms with Crippen molar-refractivity contribution in [1.29, 1.82) is 0 Å². The first-order valence-corrected chi connectivity index (χ1v) is 10.5. The first-order valence-electron chi connectivity index (χ1n) is 10.5. The SMILES string of the molecule is COc1ccc(C2C(C(=O)Nc3ccc(C)cn3)=C(C)NC3=C2C(=O)CC(C)C3)cc1. The minimum absolute atomic E-state index is 0.0910. The van der Waals surface area contributed by atoms with Gasteiger partial charge < -0.3 is 15.4 Å². The lowest BCUT2D eigenvalue weighted by molar-refractivity contribution is -0.117. The summed E-state index contributed by atoms with van der Waals surface area (Å²) in [7, 11) is 1.61. The number of benzene rings is 1. The molecule has 6 nitrogen and oxygen atoms in total. The number of Topliss-reactive ketones (excluding diaryl/α,β-unsaturated/α-hetero) is 1. The standard InChI is InChI=1S/C25H27N3O3/c1-14-5-10-21(26-13-14)28-25(30)22-16(3)27-19-11-15(2)12-20(29)24(19)23(22)17-6-8-18(31-4)9-7-17/h5-10,13,15,23,27H,11-12H2,1-4H3,(H,26,28,30). The number of pyridine rings is 1. The van der Waals surface area contributed by atoms with Crippen LogP contribution in [0.5, 0.6) is 5.75 Å². The van der Waals surface area contributed by atoms with Crippen LogP contribution in [-0.4, -0.2) is 23.8 Å². The van der Waals surface area contributed by atoms with Crippen molar-refractivity contribution in [1.82, 2.24) is 10.3 Å². The van der Waals surface area contributed by atoms with Gasteiger partial charge in [-0.05, 0) is 55.5 Å². The highest BCUT2D eigenvalue weighted by Gasteiger charge is 2.39. The molecule has 31 heavy (non-hydrogen) atoms. The van der Waals surface area contributed by atoms with Crippen molar-refractivity contribution in [2.45, 2.75) is 39.5 Å². The Morgan fingerprint density at radius 1 is 1.13 bits per heavy atom. The second-order valence-corrected chi connectivity index (χ2v) is 8.37. The molecule has 2 N–H and O–H groups in total. The van der Waals surface area contributed by atoms with E-state index in [2.05, 4.69) is 22.5 Å². The number of carbonyl (C=O) groups is 2. The van der Waals surface area contributed by atoms with Crippen LogP contribution in [-0.2, 0) is 9.59 Å². The summed E-state index contributed by atoms with van der Waals surface area (Å²) in [6.45, 7) is 5.91. The van der Waals surface area contributed by atoms with Gasteiger partial charge in [-0.25, -0.2) is 4.98 Å². The summed E-state index contributed by atoms with van der Waals surface area (Å²) in [5, 5.41) is 6.26. The highest BCUT2D eigenvalue weighted by atomic mass is 16.5. The van der Waals surface area contributed by atoms with E-state index in [1.54, 1.807) is 19.4 Å². The Balaban J connectivity index is 1.77. The van der Waals surface area contributed by atoms with Gasteiger partial charge in [-0.15, -0.1) is 0 Å².